The van der Waals surface area contributed by atoms with Gasteiger partial charge in [0.2, 0.25) is 0 Å². The second kappa shape index (κ2) is 6.78. The first-order valence-electron chi connectivity index (χ1n) is 6.48. The molecule has 0 aliphatic heterocycles. The molecule has 6 heteroatoms. The fourth-order valence-corrected chi connectivity index (χ4v) is 2.26. The van der Waals surface area contributed by atoms with E-state index < -0.39 is 0 Å². The maximum Gasteiger partial charge on any atom is 0.259 e. The van der Waals surface area contributed by atoms with Gasteiger partial charge >= 0.3 is 0 Å². The highest BCUT2D eigenvalue weighted by Crippen LogP contribution is 2.29. The van der Waals surface area contributed by atoms with Gasteiger partial charge < -0.3 is 10.6 Å². The molecular formula is C15H15Cl2N3O. The number of benzene rings is 1. The van der Waals surface area contributed by atoms with E-state index in [9.17, 15) is 4.79 Å². The summed E-state index contributed by atoms with van der Waals surface area (Å²) in [5.74, 6) is 0.243. The van der Waals surface area contributed by atoms with Crippen molar-refractivity contribution in [1.82, 2.24) is 4.98 Å². The van der Waals surface area contributed by atoms with Gasteiger partial charge in [-0.25, -0.2) is 4.98 Å². The smallest absolute Gasteiger partial charge is 0.259 e. The number of anilines is 2. The summed E-state index contributed by atoms with van der Waals surface area (Å²) in [6.07, 6.45) is 1.63. The maximum absolute atomic E-state index is 12.4. The van der Waals surface area contributed by atoms with Gasteiger partial charge in [-0.2, -0.15) is 0 Å². The molecule has 2 rings (SSSR count). The highest BCUT2D eigenvalue weighted by atomic mass is 35.5. The van der Waals surface area contributed by atoms with Crippen molar-refractivity contribution in [2.45, 2.75) is 13.8 Å². The molecule has 0 fully saturated rings. The third-order valence-electron chi connectivity index (χ3n) is 2.89. The van der Waals surface area contributed by atoms with Crippen LogP contribution < -0.4 is 10.6 Å². The number of carbonyl (C=O) groups is 1. The number of pyridine rings is 1. The minimum atomic E-state index is -0.291. The Kier molecular flexibility index (Phi) is 5.04. The van der Waals surface area contributed by atoms with Crippen molar-refractivity contribution in [3.05, 3.63) is 51.6 Å². The van der Waals surface area contributed by atoms with Crippen molar-refractivity contribution in [2.75, 3.05) is 17.2 Å². The van der Waals surface area contributed by atoms with Gasteiger partial charge in [0.25, 0.3) is 5.91 Å². The number of aromatic nitrogens is 1. The third kappa shape index (κ3) is 3.65. The molecule has 2 N–H and O–H groups in total. The minimum Gasteiger partial charge on any atom is -0.370 e. The molecule has 4 nitrogen and oxygen atoms in total. The highest BCUT2D eigenvalue weighted by Gasteiger charge is 2.14. The van der Waals surface area contributed by atoms with Crippen LogP contribution in [0.3, 0.4) is 0 Å². The van der Waals surface area contributed by atoms with Crippen molar-refractivity contribution in [3.63, 3.8) is 0 Å². The topological polar surface area (TPSA) is 54.0 Å². The molecule has 0 bridgehead atoms. The third-order valence-corrected chi connectivity index (χ3v) is 3.61. The first kappa shape index (κ1) is 15.6. The summed E-state index contributed by atoms with van der Waals surface area (Å²) in [7, 11) is 0. The SMILES string of the molecule is CCNc1ncccc1C(=O)Nc1cc(Cl)c(C)cc1Cl. The van der Waals surface area contributed by atoms with Gasteiger partial charge in [-0.15, -0.1) is 0 Å². The van der Waals surface area contributed by atoms with Crippen LogP contribution in [0.5, 0.6) is 0 Å². The van der Waals surface area contributed by atoms with E-state index in [1.165, 1.54) is 0 Å². The number of hydrogen-bond acceptors (Lipinski definition) is 3. The van der Waals surface area contributed by atoms with Gasteiger partial charge in [-0.3, -0.25) is 4.79 Å². The van der Waals surface area contributed by atoms with E-state index in [0.717, 1.165) is 5.56 Å². The molecule has 110 valence electrons. The van der Waals surface area contributed by atoms with Crippen molar-refractivity contribution in [3.8, 4) is 0 Å². The van der Waals surface area contributed by atoms with Crippen LogP contribution in [-0.2, 0) is 0 Å². The fourth-order valence-electron chi connectivity index (χ4n) is 1.83. The molecule has 0 aliphatic rings. The predicted octanol–water partition coefficient (Wildman–Crippen LogP) is 4.38. The number of hydrogen-bond donors (Lipinski definition) is 2. The zero-order valence-electron chi connectivity index (χ0n) is 11.7. The van der Waals surface area contributed by atoms with Crippen LogP contribution in [0.15, 0.2) is 30.5 Å². The van der Waals surface area contributed by atoms with Crippen molar-refractivity contribution in [2.24, 2.45) is 0 Å². The molecule has 1 aromatic carbocycles. The predicted molar refractivity (Wildman–Crippen MR) is 87.6 cm³/mol. The van der Waals surface area contributed by atoms with E-state index in [2.05, 4.69) is 15.6 Å². The molecule has 0 spiro atoms. The minimum absolute atomic E-state index is 0.291. The van der Waals surface area contributed by atoms with Crippen LogP contribution >= 0.6 is 23.2 Å². The van der Waals surface area contributed by atoms with E-state index in [-0.39, 0.29) is 5.91 Å². The van der Waals surface area contributed by atoms with Crippen LogP contribution in [0.1, 0.15) is 22.8 Å². The average Bonchev–Trinajstić information content (AvgIpc) is 2.45. The lowest BCUT2D eigenvalue weighted by molar-refractivity contribution is 0.102. The van der Waals surface area contributed by atoms with Crippen LogP contribution in [0, 0.1) is 6.92 Å². The number of carbonyl (C=O) groups excluding carboxylic acids is 1. The summed E-state index contributed by atoms with van der Waals surface area (Å²) < 4.78 is 0. The Morgan fingerprint density at radius 1 is 1.29 bits per heavy atom. The van der Waals surface area contributed by atoms with Gasteiger partial charge in [-0.05, 0) is 43.7 Å². The monoisotopic (exact) mass is 323 g/mol. The molecule has 0 aliphatic carbocycles. The molecule has 0 atom stereocenters. The van der Waals surface area contributed by atoms with Crippen LogP contribution in [0.4, 0.5) is 11.5 Å². The molecule has 1 amide bonds. The lowest BCUT2D eigenvalue weighted by Crippen LogP contribution is -2.16. The van der Waals surface area contributed by atoms with Crippen LogP contribution in [-0.4, -0.2) is 17.4 Å². The summed E-state index contributed by atoms with van der Waals surface area (Å²) >= 11 is 12.2. The zero-order valence-corrected chi connectivity index (χ0v) is 13.2. The van der Waals surface area contributed by atoms with Crippen molar-refractivity contribution >= 4 is 40.6 Å². The Hall–Kier alpha value is -1.78. The van der Waals surface area contributed by atoms with E-state index in [0.29, 0.717) is 33.7 Å². The van der Waals surface area contributed by atoms with E-state index >= 15 is 0 Å². The Morgan fingerprint density at radius 3 is 2.76 bits per heavy atom. The summed E-state index contributed by atoms with van der Waals surface area (Å²) in [6.45, 7) is 4.46. The zero-order chi connectivity index (χ0) is 15.4. The summed E-state index contributed by atoms with van der Waals surface area (Å²) in [6, 6.07) is 6.76. The summed E-state index contributed by atoms with van der Waals surface area (Å²) in [5, 5.41) is 6.80. The van der Waals surface area contributed by atoms with Gasteiger partial charge in [0.1, 0.15) is 5.82 Å². The molecule has 21 heavy (non-hydrogen) atoms. The lowest BCUT2D eigenvalue weighted by Gasteiger charge is -2.12. The normalized spacial score (nSPS) is 10.3. The van der Waals surface area contributed by atoms with Crippen molar-refractivity contribution < 1.29 is 4.79 Å². The first-order valence-corrected chi connectivity index (χ1v) is 7.24. The molecule has 2 aromatic rings. The largest absolute Gasteiger partial charge is 0.370 e. The number of nitrogens with zero attached hydrogens (tertiary/aromatic N) is 1. The molecule has 0 unspecified atom stereocenters. The van der Waals surface area contributed by atoms with E-state index in [1.807, 2.05) is 13.8 Å². The number of amides is 1. The Morgan fingerprint density at radius 2 is 2.05 bits per heavy atom. The fraction of sp³-hybridized carbons (Fsp3) is 0.200. The maximum atomic E-state index is 12.4. The summed E-state index contributed by atoms with van der Waals surface area (Å²) in [5.41, 5.74) is 1.78. The van der Waals surface area contributed by atoms with E-state index in [4.69, 9.17) is 23.2 Å². The van der Waals surface area contributed by atoms with Gasteiger partial charge in [-0.1, -0.05) is 23.2 Å². The molecule has 0 radical (unpaired) electrons. The van der Waals surface area contributed by atoms with Gasteiger partial charge in [0, 0.05) is 17.8 Å². The highest BCUT2D eigenvalue weighted by molar-refractivity contribution is 6.36. The lowest BCUT2D eigenvalue weighted by atomic mass is 10.2. The number of halogens is 2. The molecular weight excluding hydrogens is 309 g/mol. The Balaban J connectivity index is 2.28. The molecule has 1 heterocycles. The van der Waals surface area contributed by atoms with Crippen LogP contribution in [0.25, 0.3) is 0 Å². The summed E-state index contributed by atoms with van der Waals surface area (Å²) in [4.78, 5) is 16.5. The second-order valence-corrected chi connectivity index (χ2v) is 5.28. The molecule has 1 aromatic heterocycles. The molecule has 0 saturated heterocycles. The van der Waals surface area contributed by atoms with Gasteiger partial charge in [0.05, 0.1) is 16.3 Å². The second-order valence-electron chi connectivity index (χ2n) is 4.47. The quantitative estimate of drug-likeness (QED) is 0.877. The van der Waals surface area contributed by atoms with E-state index in [1.54, 1.807) is 30.5 Å². The average molecular weight is 324 g/mol. The number of rotatable bonds is 4. The number of aryl methyl sites for hydroxylation is 1. The van der Waals surface area contributed by atoms with Crippen LogP contribution in [0.2, 0.25) is 10.0 Å². The first-order chi connectivity index (χ1) is 10.0. The Labute approximate surface area is 133 Å². The van der Waals surface area contributed by atoms with Crippen molar-refractivity contribution in [1.29, 1.82) is 0 Å². The van der Waals surface area contributed by atoms with Gasteiger partial charge in [0.15, 0.2) is 0 Å². The molecule has 0 saturated carbocycles. The Bertz CT molecular complexity index is 674. The number of nitrogens with one attached hydrogen (secondary N) is 2. The standard InChI is InChI=1S/C15H15Cl2N3O/c1-3-18-14-10(5-4-6-19-14)15(21)20-13-8-11(16)9(2)7-12(13)17/h4-8H,3H2,1-2H3,(H,18,19)(H,20,21).